The second kappa shape index (κ2) is 64.2. The average molecular weight is 1960 g/mol. The minimum atomic E-state index is -0.390. The molecule has 2 aliphatic heterocycles. The fraction of sp³-hybridized carbons (Fsp3) is 0.615. The van der Waals surface area contributed by atoms with Crippen molar-refractivity contribution in [1.29, 1.82) is 0 Å². The van der Waals surface area contributed by atoms with E-state index in [1.807, 2.05) is 0 Å². The van der Waals surface area contributed by atoms with Crippen LogP contribution in [0.3, 0.4) is 0 Å². The molecule has 0 N–H and O–H groups in total. The van der Waals surface area contributed by atoms with Crippen molar-refractivity contribution in [3.05, 3.63) is 48.5 Å². The van der Waals surface area contributed by atoms with Gasteiger partial charge in [-0.2, -0.15) is 0 Å². The summed E-state index contributed by atoms with van der Waals surface area (Å²) in [7, 11) is 0. The Morgan fingerprint density at radius 3 is 0.496 bits per heavy atom. The fourth-order valence-electron chi connectivity index (χ4n) is 15.0. The van der Waals surface area contributed by atoms with Gasteiger partial charge in [0, 0.05) is 95.5 Å². The Hall–Kier alpha value is -11.0. The number of carbonyl (C=O) groups is 8. The van der Waals surface area contributed by atoms with Gasteiger partial charge < -0.3 is 106 Å². The van der Waals surface area contributed by atoms with E-state index in [0.29, 0.717) is 0 Å². The molecule has 0 saturated carbocycles. The molecule has 0 unspecified atom stereocenters. The van der Waals surface area contributed by atoms with Crippen LogP contribution in [0.1, 0.15) is 312 Å². The van der Waals surface area contributed by atoms with Crippen molar-refractivity contribution in [2.24, 2.45) is 0 Å². The van der Waals surface area contributed by atoms with Gasteiger partial charge in [-0.25, -0.2) is 9.97 Å². The molecule has 0 amide bonds. The summed E-state index contributed by atoms with van der Waals surface area (Å²) in [6.45, 7) is 18.7. The predicted octanol–water partition coefficient (Wildman–Crippen LogP) is 21.3. The molecular weight excluding hydrogens is 1810 g/mol. The molecule has 32 nitrogen and oxygen atoms in total. The van der Waals surface area contributed by atoms with Gasteiger partial charge in [-0.15, -0.1) is 0 Å². The van der Waals surface area contributed by atoms with Crippen LogP contribution < -0.4 is 47.9 Å². The van der Waals surface area contributed by atoms with Crippen LogP contribution in [0.4, 0.5) is 0 Å². The topological polar surface area (TPSA) is 390 Å². The maximum Gasteiger partial charge on any atom is 2.00 e. The van der Waals surface area contributed by atoms with Crippen LogP contribution in [0.15, 0.2) is 48.5 Å². The molecule has 0 saturated heterocycles. The molecule has 0 atom stereocenters. The van der Waals surface area contributed by atoms with E-state index >= 15 is 0 Å². The van der Waals surface area contributed by atoms with Crippen LogP contribution in [0, 0.1) is 0 Å². The molecule has 0 aliphatic carbocycles. The standard InChI is InChI=1S/C104H144N8O24.Zn/c1-9-17-25-57-129-81(113)41-33-65-121-73-49-50-74(122-66-34-42-82(114)130-58-26-18-10-2)90-89(73)97-105-98(90)110-100-93-77(125-69-37-45-85(117)133-61-29-21-13-5)53-54-78(126-70-38-46-86(118)134-62-30-22-14-6)94(93)102(107-100)112-104-96-80(128-72-40-48-88(120)136-64-32-24-16-8)56-55-79(127-71-39-47-87(119)135-63-31-23-15-7)95(96)103(108-104)111-101-92-76(124-68-36-44-84(116)132-60-28-20-12-4)52-51-75(91(92)99(106-101)109-97)123-67-35-43-83(115)131-59-27-19-11-3;/h49-56H,9-48,57-72H2,1-8H3;/q-2;+2. The Balaban J connectivity index is 0.0000230. The molecule has 8 bridgehead atoms. The van der Waals surface area contributed by atoms with Crippen LogP contribution in [0.5, 0.6) is 46.0 Å². The van der Waals surface area contributed by atoms with Gasteiger partial charge in [-0.05, 0) is 151 Å². The Morgan fingerprint density at radius 1 is 0.197 bits per heavy atom. The second-order valence-electron chi connectivity index (χ2n) is 33.8. The van der Waals surface area contributed by atoms with E-state index in [1.165, 1.54) is 0 Å². The zero-order chi connectivity index (χ0) is 96.7. The van der Waals surface area contributed by atoms with Crippen molar-refractivity contribution >= 4 is 91.9 Å². The Morgan fingerprint density at radius 2 is 0.343 bits per heavy atom. The van der Waals surface area contributed by atoms with Crippen LogP contribution in [0.25, 0.3) is 89.7 Å². The zero-order valence-corrected chi connectivity index (χ0v) is 85.3. The molecule has 0 radical (unpaired) electrons. The number of aromatic nitrogens is 8. The second-order valence-corrected chi connectivity index (χ2v) is 33.8. The number of benzene rings is 4. The van der Waals surface area contributed by atoms with Crippen molar-refractivity contribution in [3.8, 4) is 91.5 Å². The number of hydrogen-bond donors (Lipinski definition) is 0. The van der Waals surface area contributed by atoms with Crippen LogP contribution in [-0.4, -0.2) is 183 Å². The van der Waals surface area contributed by atoms with Gasteiger partial charge in [0.25, 0.3) is 0 Å². The third-order valence-corrected chi connectivity index (χ3v) is 22.3. The van der Waals surface area contributed by atoms with E-state index in [0.717, 1.165) is 154 Å². The number of carbonyl (C=O) groups excluding carboxylic acids is 8. The number of nitrogens with zero attached hydrogens (tertiary/aromatic N) is 8. The van der Waals surface area contributed by atoms with Gasteiger partial charge in [0.2, 0.25) is 0 Å². The van der Waals surface area contributed by atoms with Gasteiger partial charge in [-0.3, -0.25) is 38.4 Å². The monoisotopic (exact) mass is 1950 g/mol. The number of fused-ring (bicyclic) bond motifs is 20. The van der Waals surface area contributed by atoms with Crippen LogP contribution in [0.2, 0.25) is 0 Å². The van der Waals surface area contributed by atoms with Gasteiger partial charge in [0.1, 0.15) is 46.0 Å². The first-order valence-electron chi connectivity index (χ1n) is 50.2. The molecule has 137 heavy (non-hydrogen) atoms. The minimum Gasteiger partial charge on any atom is -0.493 e. The third kappa shape index (κ3) is 37.4. The molecule has 746 valence electrons. The summed E-state index contributed by atoms with van der Waals surface area (Å²) in [5.41, 5.74) is 0.781. The van der Waals surface area contributed by atoms with E-state index in [2.05, 4.69) is 55.4 Å². The summed E-state index contributed by atoms with van der Waals surface area (Å²) in [4.78, 5) is 151. The average Bonchev–Trinajstić information content (AvgIpc) is 1.57. The zero-order valence-electron chi connectivity index (χ0n) is 82.3. The third-order valence-electron chi connectivity index (χ3n) is 22.3. The van der Waals surface area contributed by atoms with E-state index in [9.17, 15) is 38.4 Å². The van der Waals surface area contributed by atoms with E-state index in [4.69, 9.17) is 116 Å². The van der Waals surface area contributed by atoms with Gasteiger partial charge in [0.15, 0.2) is 0 Å². The maximum absolute atomic E-state index is 13.4. The van der Waals surface area contributed by atoms with Gasteiger partial charge >= 0.3 is 67.2 Å². The fourth-order valence-corrected chi connectivity index (χ4v) is 15.0. The smallest absolute Gasteiger partial charge is 0.493 e. The van der Waals surface area contributed by atoms with Crippen LogP contribution >= 0.6 is 0 Å². The summed E-state index contributed by atoms with van der Waals surface area (Å²) in [5, 5.41) is 0.960. The summed E-state index contributed by atoms with van der Waals surface area (Å²) >= 11 is 0. The number of esters is 8. The number of ether oxygens (including phenoxy) is 16. The summed E-state index contributed by atoms with van der Waals surface area (Å²) in [6, 6.07) is 13.6. The number of rotatable bonds is 72. The summed E-state index contributed by atoms with van der Waals surface area (Å²) in [6.07, 6.45) is 22.5. The molecule has 7 aromatic rings. The van der Waals surface area contributed by atoms with E-state index in [-0.39, 0.29) is 364 Å². The van der Waals surface area contributed by atoms with Crippen molar-refractivity contribution in [2.75, 3.05) is 106 Å². The molecule has 0 spiro atoms. The molecular formula is C104H144N8O24Zn. The van der Waals surface area contributed by atoms with Gasteiger partial charge in [0.05, 0.1) is 151 Å². The molecule has 4 aromatic carbocycles. The quantitative estimate of drug-likeness (QED) is 0.0148. The normalized spacial score (nSPS) is 11.3. The van der Waals surface area contributed by atoms with Crippen LogP contribution in [-0.2, 0) is 95.7 Å². The molecule has 5 heterocycles. The van der Waals surface area contributed by atoms with Gasteiger partial charge in [-0.1, -0.05) is 158 Å². The molecule has 33 heteroatoms. The minimum absolute atomic E-state index is 0. The molecule has 9 rings (SSSR count). The predicted molar refractivity (Wildman–Crippen MR) is 516 cm³/mol. The maximum atomic E-state index is 13.4. The first kappa shape index (κ1) is 111. The number of unbranched alkanes of at least 4 members (excludes halogenated alkanes) is 16. The molecule has 2 aliphatic rings. The first-order chi connectivity index (χ1) is 66.5. The molecule has 0 fully saturated rings. The number of hydrogen-bond acceptors (Lipinski definition) is 30. The van der Waals surface area contributed by atoms with Crippen molar-refractivity contribution in [2.45, 2.75) is 312 Å². The van der Waals surface area contributed by atoms with Crippen molar-refractivity contribution in [3.63, 3.8) is 0 Å². The molecule has 3 aromatic heterocycles. The van der Waals surface area contributed by atoms with Crippen molar-refractivity contribution < 1.29 is 134 Å². The summed E-state index contributed by atoms with van der Waals surface area (Å²) < 4.78 is 99.8. The Bertz CT molecular complexity index is 4490. The van der Waals surface area contributed by atoms with E-state index < -0.39 is 47.8 Å². The summed E-state index contributed by atoms with van der Waals surface area (Å²) in [5.74, 6) is -1.58. The SMILES string of the molecule is CCCCCOC(=O)CCCOc1ccc(OCCCC(=O)OCCCCC)c2c1-c1nc-2nc2[n-]c(nc3nc(nc4[n-]c(n1)c1c(OCCCC(=O)OCCCCC)ccc(OCCCC(=O)OCCCCC)c41)-c1c(OCCCC(=O)OCCCCC)ccc(OCCCC(=O)OCCCCC)c1-3)c1c(OCCCC(=O)OCCCCC)ccc(OCCCC(=O)OCCCCC)c21.[Zn+2]. The Labute approximate surface area is 818 Å². The first-order valence-corrected chi connectivity index (χ1v) is 50.2. The van der Waals surface area contributed by atoms with Crippen molar-refractivity contribution in [1.82, 2.24) is 39.9 Å². The largest absolute Gasteiger partial charge is 2.00 e. The Kier molecular flexibility index (Phi) is 52.2. The van der Waals surface area contributed by atoms with E-state index in [1.54, 1.807) is 48.5 Å².